The van der Waals surface area contributed by atoms with Crippen molar-refractivity contribution in [2.75, 3.05) is 0 Å². The summed E-state index contributed by atoms with van der Waals surface area (Å²) in [6, 6.07) is 18.4. The first-order valence-corrected chi connectivity index (χ1v) is 8.44. The molecule has 0 N–H and O–H groups in total. The van der Waals surface area contributed by atoms with Gasteiger partial charge in [0.1, 0.15) is 0 Å². The molecule has 0 saturated carbocycles. The molecule has 0 aliphatic heterocycles. The monoisotopic (exact) mass is 506 g/mol. The van der Waals surface area contributed by atoms with Crippen molar-refractivity contribution < 1.29 is 20.1 Å². The van der Waals surface area contributed by atoms with E-state index in [9.17, 15) is 0 Å². The fourth-order valence-corrected chi connectivity index (χ4v) is 4.11. The molecule has 24 heavy (non-hydrogen) atoms. The predicted molar refractivity (Wildman–Crippen MR) is 97.1 cm³/mol. The number of pyridine rings is 1. The third-order valence-corrected chi connectivity index (χ3v) is 5.18. The van der Waals surface area contributed by atoms with Gasteiger partial charge in [-0.1, -0.05) is 29.1 Å². The second-order valence-electron chi connectivity index (χ2n) is 5.75. The van der Waals surface area contributed by atoms with Crippen LogP contribution in [0.15, 0.2) is 60.2 Å². The van der Waals surface area contributed by atoms with Crippen molar-refractivity contribution in [2.45, 2.75) is 6.92 Å². The summed E-state index contributed by atoms with van der Waals surface area (Å²) in [5, 5.41) is 5.74. The van der Waals surface area contributed by atoms with Crippen LogP contribution >= 0.6 is 11.3 Å². The molecule has 0 aliphatic carbocycles. The van der Waals surface area contributed by atoms with E-state index in [1.807, 2.05) is 13.0 Å². The van der Waals surface area contributed by atoms with Gasteiger partial charge in [-0.25, -0.2) is 0 Å². The summed E-state index contributed by atoms with van der Waals surface area (Å²) in [5.74, 6) is 0. The molecule has 0 atom stereocenters. The van der Waals surface area contributed by atoms with Gasteiger partial charge in [-0.3, -0.25) is 4.98 Å². The summed E-state index contributed by atoms with van der Waals surface area (Å²) in [7, 11) is 0. The van der Waals surface area contributed by atoms with Crippen molar-refractivity contribution in [3.05, 3.63) is 72.0 Å². The summed E-state index contributed by atoms with van der Waals surface area (Å²) in [4.78, 5) is 4.66. The third kappa shape index (κ3) is 2.22. The van der Waals surface area contributed by atoms with Crippen LogP contribution in [0.25, 0.3) is 37.6 Å². The molecule has 4 heteroatoms. The smallest absolute Gasteiger partial charge is 0.0607 e. The van der Waals surface area contributed by atoms with E-state index < -0.39 is 0 Å². The Kier molecular flexibility index (Phi) is 3.76. The number of nitrogens with zero attached hydrogens (tertiary/aromatic N) is 2. The molecule has 2 nitrogen and oxygen atoms in total. The number of hydrogen-bond acceptors (Lipinski definition) is 2. The van der Waals surface area contributed by atoms with Gasteiger partial charge in [0.05, 0.1) is 5.65 Å². The first kappa shape index (κ1) is 15.5. The molecule has 0 fully saturated rings. The Labute approximate surface area is 157 Å². The van der Waals surface area contributed by atoms with Crippen molar-refractivity contribution in [1.82, 2.24) is 9.38 Å². The fourth-order valence-electron chi connectivity index (χ4n) is 3.30. The first-order valence-electron chi connectivity index (χ1n) is 7.56. The summed E-state index contributed by atoms with van der Waals surface area (Å²) in [6.45, 7) is 2.02. The molecule has 5 rings (SSSR count). The molecule has 0 saturated heterocycles. The van der Waals surface area contributed by atoms with Crippen LogP contribution in [-0.4, -0.2) is 9.38 Å². The molecule has 0 spiro atoms. The average Bonchev–Trinajstić information content (AvgIpc) is 3.19. The number of hydrogen-bond donors (Lipinski definition) is 0. The van der Waals surface area contributed by atoms with Crippen molar-refractivity contribution in [3.8, 4) is 11.1 Å². The second kappa shape index (κ2) is 5.82. The summed E-state index contributed by atoms with van der Waals surface area (Å²) in [5.41, 5.74) is 4.51. The number of aryl methyl sites for hydroxylation is 1. The number of aromatic nitrogens is 2. The van der Waals surface area contributed by atoms with Crippen LogP contribution in [0.2, 0.25) is 0 Å². The van der Waals surface area contributed by atoms with Gasteiger partial charge in [0.2, 0.25) is 0 Å². The number of rotatable bonds is 1. The molecule has 0 aliphatic rings. The second-order valence-corrected chi connectivity index (χ2v) is 6.69. The third-order valence-electron chi connectivity index (χ3n) is 4.30. The van der Waals surface area contributed by atoms with Crippen LogP contribution in [0.5, 0.6) is 0 Å². The number of imidazole rings is 1. The predicted octanol–water partition coefficient (Wildman–Crippen LogP) is 5.48. The zero-order valence-corrected chi connectivity index (χ0v) is 16.1. The van der Waals surface area contributed by atoms with Crippen LogP contribution in [0.4, 0.5) is 0 Å². The van der Waals surface area contributed by atoms with E-state index in [0.717, 1.165) is 16.7 Å². The molecular weight excluding hydrogens is 493 g/mol. The van der Waals surface area contributed by atoms with E-state index in [1.54, 1.807) is 11.3 Å². The minimum absolute atomic E-state index is 0. The Morgan fingerprint density at radius 2 is 1.92 bits per heavy atom. The SMILES string of the molecule is Cc1cn2ccc3c(-c4cccc5sccc45)cc[c-]c3c2n1.[Ir]. The van der Waals surface area contributed by atoms with Crippen molar-refractivity contribution in [1.29, 1.82) is 0 Å². The Morgan fingerprint density at radius 1 is 1.04 bits per heavy atom. The summed E-state index contributed by atoms with van der Waals surface area (Å²) < 4.78 is 3.39. The molecule has 0 unspecified atom stereocenters. The van der Waals surface area contributed by atoms with Gasteiger partial charge in [0.15, 0.2) is 0 Å². The molecule has 119 valence electrons. The Hall–Kier alpha value is -2.00. The van der Waals surface area contributed by atoms with Crippen molar-refractivity contribution >= 4 is 37.8 Å². The standard InChI is InChI=1S/C20H13N2S.Ir/c1-13-12-22-10-8-16-14(4-2-6-18(16)20(22)21-13)15-5-3-7-19-17(15)9-11-23-19;/h2-5,7-12H,1H3;/q-1;. The molecule has 2 aromatic carbocycles. The minimum Gasteiger partial charge on any atom is -0.347 e. The van der Waals surface area contributed by atoms with Gasteiger partial charge in [-0.15, -0.1) is 34.9 Å². The Bertz CT molecular complexity index is 1190. The van der Waals surface area contributed by atoms with E-state index in [2.05, 4.69) is 69.6 Å². The molecule has 5 aromatic rings. The van der Waals surface area contributed by atoms with Gasteiger partial charge in [0.25, 0.3) is 0 Å². The maximum absolute atomic E-state index is 4.66. The van der Waals surface area contributed by atoms with Gasteiger partial charge >= 0.3 is 0 Å². The molecule has 1 radical (unpaired) electrons. The number of fused-ring (bicyclic) bond motifs is 4. The van der Waals surface area contributed by atoms with Crippen molar-refractivity contribution in [3.63, 3.8) is 0 Å². The van der Waals surface area contributed by atoms with Crippen LogP contribution < -0.4 is 0 Å². The number of benzene rings is 2. The molecule has 3 aromatic heterocycles. The van der Waals surface area contributed by atoms with Gasteiger partial charge in [-0.2, -0.15) is 0 Å². The first-order chi connectivity index (χ1) is 11.3. The average molecular weight is 506 g/mol. The number of thiophene rings is 1. The van der Waals surface area contributed by atoms with E-state index in [1.165, 1.54) is 26.6 Å². The minimum atomic E-state index is 0. The quantitative estimate of drug-likeness (QED) is 0.276. The molecule has 0 amide bonds. The molecule has 3 heterocycles. The van der Waals surface area contributed by atoms with E-state index in [4.69, 9.17) is 0 Å². The fraction of sp³-hybridized carbons (Fsp3) is 0.0500. The van der Waals surface area contributed by atoms with Crippen molar-refractivity contribution in [2.24, 2.45) is 0 Å². The molecular formula is C20H13IrN2S-. The maximum Gasteiger partial charge on any atom is 0.0607 e. The summed E-state index contributed by atoms with van der Waals surface area (Å²) in [6.07, 6.45) is 4.14. The van der Waals surface area contributed by atoms with Gasteiger partial charge in [-0.05, 0) is 41.6 Å². The zero-order chi connectivity index (χ0) is 15.4. The van der Waals surface area contributed by atoms with Crippen LogP contribution in [-0.2, 0) is 20.1 Å². The maximum atomic E-state index is 4.66. The Morgan fingerprint density at radius 3 is 2.83 bits per heavy atom. The Balaban J connectivity index is 0.00000146. The van der Waals surface area contributed by atoms with E-state index >= 15 is 0 Å². The zero-order valence-electron chi connectivity index (χ0n) is 12.9. The van der Waals surface area contributed by atoms with Gasteiger partial charge in [0, 0.05) is 36.7 Å². The van der Waals surface area contributed by atoms with Crippen LogP contribution in [0.3, 0.4) is 0 Å². The summed E-state index contributed by atoms with van der Waals surface area (Å²) >= 11 is 1.78. The van der Waals surface area contributed by atoms with E-state index in [-0.39, 0.29) is 20.1 Å². The largest absolute Gasteiger partial charge is 0.347 e. The van der Waals surface area contributed by atoms with Gasteiger partial charge < -0.3 is 4.40 Å². The van der Waals surface area contributed by atoms with E-state index in [0.29, 0.717) is 0 Å². The molecule has 0 bridgehead atoms. The van der Waals surface area contributed by atoms with Crippen LogP contribution in [0.1, 0.15) is 5.69 Å². The van der Waals surface area contributed by atoms with Crippen LogP contribution in [0, 0.1) is 13.0 Å². The normalized spacial score (nSPS) is 11.2. The topological polar surface area (TPSA) is 17.3 Å².